The van der Waals surface area contributed by atoms with Gasteiger partial charge in [0.2, 0.25) is 5.91 Å². The van der Waals surface area contributed by atoms with E-state index >= 15 is 0 Å². The van der Waals surface area contributed by atoms with Crippen LogP contribution in [0.1, 0.15) is 40.2 Å². The Morgan fingerprint density at radius 1 is 1.09 bits per heavy atom. The van der Waals surface area contributed by atoms with E-state index in [0.717, 1.165) is 11.1 Å². The Balaban J connectivity index is 1.26. The minimum Gasteiger partial charge on any atom is -0.487 e. The molecule has 5 rings (SSSR count). The van der Waals surface area contributed by atoms with Gasteiger partial charge in [-0.2, -0.15) is 0 Å². The van der Waals surface area contributed by atoms with Crippen LogP contribution in [0.5, 0.6) is 5.75 Å². The number of pyridine rings is 1. The summed E-state index contributed by atoms with van der Waals surface area (Å²) in [5, 5.41) is 15.8. The summed E-state index contributed by atoms with van der Waals surface area (Å²) < 4.78 is 12.2. The van der Waals surface area contributed by atoms with Crippen LogP contribution in [-0.4, -0.2) is 46.8 Å². The molecule has 0 radical (unpaired) electrons. The number of fused-ring (bicyclic) bond motifs is 3. The second kappa shape index (κ2) is 10.2. The molecule has 0 saturated carbocycles. The van der Waals surface area contributed by atoms with Gasteiger partial charge in [-0.25, -0.2) is 0 Å². The number of benzene rings is 2. The molecule has 0 unspecified atom stereocenters. The summed E-state index contributed by atoms with van der Waals surface area (Å²) >= 11 is 0. The lowest BCUT2D eigenvalue weighted by Gasteiger charge is -2.37. The molecule has 8 nitrogen and oxygen atoms in total. The van der Waals surface area contributed by atoms with Crippen LogP contribution in [-0.2, 0) is 16.1 Å². The minimum absolute atomic E-state index is 0.0573. The van der Waals surface area contributed by atoms with Gasteiger partial charge < -0.3 is 25.2 Å². The molecule has 0 aliphatic carbocycles. The van der Waals surface area contributed by atoms with E-state index in [-0.39, 0.29) is 43.0 Å². The SMILES string of the molecule is O=C(C[C@H]1C[C@H]2c3cc(NC(=O)c4cccnc4)ccc3O[C@H]2[C@H](CO)O1)NCc1ccccc1. The molecule has 0 bridgehead atoms. The fourth-order valence-electron chi connectivity index (χ4n) is 4.74. The molecule has 35 heavy (non-hydrogen) atoms. The van der Waals surface area contributed by atoms with E-state index in [1.54, 1.807) is 24.4 Å². The normalized spacial score (nSPS) is 22.4. The zero-order valence-electron chi connectivity index (χ0n) is 19.1. The molecule has 3 N–H and O–H groups in total. The van der Waals surface area contributed by atoms with E-state index in [1.807, 2.05) is 42.5 Å². The van der Waals surface area contributed by atoms with Crippen LogP contribution in [0.15, 0.2) is 73.1 Å². The van der Waals surface area contributed by atoms with Gasteiger partial charge in [0, 0.05) is 36.1 Å². The summed E-state index contributed by atoms with van der Waals surface area (Å²) in [4.78, 5) is 29.1. The van der Waals surface area contributed by atoms with Crippen molar-refractivity contribution in [2.24, 2.45) is 0 Å². The summed E-state index contributed by atoms with van der Waals surface area (Å²) in [5.74, 6) is 0.293. The highest BCUT2D eigenvalue weighted by molar-refractivity contribution is 6.04. The summed E-state index contributed by atoms with van der Waals surface area (Å²) in [6.45, 7) is 0.246. The van der Waals surface area contributed by atoms with Crippen molar-refractivity contribution in [3.05, 3.63) is 89.7 Å². The summed E-state index contributed by atoms with van der Waals surface area (Å²) in [6, 6.07) is 18.6. The van der Waals surface area contributed by atoms with Gasteiger partial charge in [-0.15, -0.1) is 0 Å². The van der Waals surface area contributed by atoms with Crippen molar-refractivity contribution < 1.29 is 24.2 Å². The van der Waals surface area contributed by atoms with Crippen molar-refractivity contribution in [3.63, 3.8) is 0 Å². The molecule has 8 heteroatoms. The van der Waals surface area contributed by atoms with E-state index in [2.05, 4.69) is 15.6 Å². The number of carbonyl (C=O) groups excluding carboxylic acids is 2. The Kier molecular flexibility index (Phi) is 6.74. The van der Waals surface area contributed by atoms with E-state index in [1.165, 1.54) is 6.20 Å². The van der Waals surface area contributed by atoms with Gasteiger partial charge in [0.15, 0.2) is 0 Å². The van der Waals surface area contributed by atoms with Gasteiger partial charge in [-0.1, -0.05) is 30.3 Å². The number of aliphatic hydroxyl groups excluding tert-OH is 1. The van der Waals surface area contributed by atoms with Crippen molar-refractivity contribution in [3.8, 4) is 5.75 Å². The number of nitrogens with one attached hydrogen (secondary N) is 2. The monoisotopic (exact) mass is 473 g/mol. The van der Waals surface area contributed by atoms with Crippen LogP contribution >= 0.6 is 0 Å². The molecule has 1 fully saturated rings. The van der Waals surface area contributed by atoms with Gasteiger partial charge in [0.1, 0.15) is 18.0 Å². The number of hydrogen-bond acceptors (Lipinski definition) is 6. The van der Waals surface area contributed by atoms with Crippen molar-refractivity contribution >= 4 is 17.5 Å². The predicted octanol–water partition coefficient (Wildman–Crippen LogP) is 3.03. The number of anilines is 1. The summed E-state index contributed by atoms with van der Waals surface area (Å²) in [7, 11) is 0. The molecule has 2 aliphatic rings. The van der Waals surface area contributed by atoms with Gasteiger partial charge in [-0.3, -0.25) is 14.6 Å². The van der Waals surface area contributed by atoms with Gasteiger partial charge in [0.05, 0.1) is 24.7 Å². The fourth-order valence-corrected chi connectivity index (χ4v) is 4.74. The van der Waals surface area contributed by atoms with Crippen LogP contribution in [0.25, 0.3) is 0 Å². The Hall–Kier alpha value is -3.75. The zero-order chi connectivity index (χ0) is 24.2. The van der Waals surface area contributed by atoms with Gasteiger partial charge in [0.25, 0.3) is 5.91 Å². The number of aromatic nitrogens is 1. The molecule has 1 saturated heterocycles. The molecule has 1 aromatic heterocycles. The lowest BCUT2D eigenvalue weighted by Crippen LogP contribution is -2.47. The van der Waals surface area contributed by atoms with Crippen molar-refractivity contribution in [1.82, 2.24) is 10.3 Å². The standard InChI is InChI=1S/C27H27N3O5/c31-16-24-26-22(12-20(34-24)13-25(32)29-14-17-5-2-1-3-6-17)21-11-19(8-9-23(21)35-26)30-27(33)18-7-4-10-28-15-18/h1-11,15,20,22,24,26,31H,12-14,16H2,(H,29,32)(H,30,33)/t20-,22+,24+,26-/m1/s1. The average molecular weight is 474 g/mol. The molecule has 2 aliphatic heterocycles. The molecule has 2 amide bonds. The van der Waals surface area contributed by atoms with E-state index in [4.69, 9.17) is 9.47 Å². The molecule has 0 spiro atoms. The first-order valence-electron chi connectivity index (χ1n) is 11.7. The molecule has 2 aromatic carbocycles. The minimum atomic E-state index is -0.540. The predicted molar refractivity (Wildman–Crippen MR) is 129 cm³/mol. The Morgan fingerprint density at radius 3 is 2.71 bits per heavy atom. The quantitative estimate of drug-likeness (QED) is 0.487. The molecule has 4 atom stereocenters. The first kappa shape index (κ1) is 23.0. The van der Waals surface area contributed by atoms with Crippen molar-refractivity contribution in [2.75, 3.05) is 11.9 Å². The molecular weight excluding hydrogens is 446 g/mol. The van der Waals surface area contributed by atoms with Gasteiger partial charge >= 0.3 is 0 Å². The average Bonchev–Trinajstić information content (AvgIpc) is 3.26. The Labute approximate surface area is 203 Å². The summed E-state index contributed by atoms with van der Waals surface area (Å²) in [5.41, 5.74) is 3.08. The number of rotatable bonds is 7. The third-order valence-electron chi connectivity index (χ3n) is 6.43. The van der Waals surface area contributed by atoms with Crippen LogP contribution in [0.2, 0.25) is 0 Å². The Morgan fingerprint density at radius 2 is 1.94 bits per heavy atom. The maximum atomic E-state index is 12.6. The number of ether oxygens (including phenoxy) is 2. The van der Waals surface area contributed by atoms with E-state index in [0.29, 0.717) is 30.0 Å². The number of aliphatic hydroxyl groups is 1. The second-order valence-electron chi connectivity index (χ2n) is 8.82. The van der Waals surface area contributed by atoms with Crippen LogP contribution in [0.4, 0.5) is 5.69 Å². The van der Waals surface area contributed by atoms with Crippen molar-refractivity contribution in [1.29, 1.82) is 0 Å². The fraction of sp³-hybridized carbons (Fsp3) is 0.296. The number of nitrogens with zero attached hydrogens (tertiary/aromatic N) is 1. The van der Waals surface area contributed by atoms with Gasteiger partial charge in [-0.05, 0) is 42.3 Å². The molecular formula is C27H27N3O5. The highest BCUT2D eigenvalue weighted by Gasteiger charge is 2.46. The lowest BCUT2D eigenvalue weighted by molar-refractivity contribution is -0.142. The van der Waals surface area contributed by atoms with Crippen LogP contribution in [0.3, 0.4) is 0 Å². The smallest absolute Gasteiger partial charge is 0.257 e. The van der Waals surface area contributed by atoms with E-state index in [9.17, 15) is 14.7 Å². The Bertz CT molecular complexity index is 1190. The maximum Gasteiger partial charge on any atom is 0.257 e. The third-order valence-corrected chi connectivity index (χ3v) is 6.43. The molecule has 180 valence electrons. The van der Waals surface area contributed by atoms with E-state index < -0.39 is 6.10 Å². The summed E-state index contributed by atoms with van der Waals surface area (Å²) in [6.07, 6.45) is 2.66. The maximum absolute atomic E-state index is 12.6. The lowest BCUT2D eigenvalue weighted by atomic mass is 9.84. The third kappa shape index (κ3) is 5.18. The number of carbonyl (C=O) groups is 2. The largest absolute Gasteiger partial charge is 0.487 e. The van der Waals surface area contributed by atoms with Crippen LogP contribution in [0, 0.1) is 0 Å². The van der Waals surface area contributed by atoms with Crippen LogP contribution < -0.4 is 15.4 Å². The first-order valence-corrected chi connectivity index (χ1v) is 11.7. The number of hydrogen-bond donors (Lipinski definition) is 3. The second-order valence-corrected chi connectivity index (χ2v) is 8.82. The number of amides is 2. The zero-order valence-corrected chi connectivity index (χ0v) is 19.1. The topological polar surface area (TPSA) is 110 Å². The highest BCUT2D eigenvalue weighted by atomic mass is 16.6. The first-order chi connectivity index (χ1) is 17.1. The molecule has 3 aromatic rings. The highest BCUT2D eigenvalue weighted by Crippen LogP contribution is 2.47. The molecule has 3 heterocycles. The van der Waals surface area contributed by atoms with Crippen molar-refractivity contribution in [2.45, 2.75) is 43.6 Å².